The predicted octanol–water partition coefficient (Wildman–Crippen LogP) is 4.71. The summed E-state index contributed by atoms with van der Waals surface area (Å²) in [5.74, 6) is 0. The third kappa shape index (κ3) is 3.60. The van der Waals surface area contributed by atoms with Gasteiger partial charge in [-0.2, -0.15) is 5.10 Å². The van der Waals surface area contributed by atoms with Crippen LogP contribution >= 0.6 is 23.2 Å². The molecular weight excluding hydrogens is 395 g/mol. The Labute approximate surface area is 175 Å². The lowest BCUT2D eigenvalue weighted by Gasteiger charge is -2.21. The van der Waals surface area contributed by atoms with Gasteiger partial charge >= 0.3 is 0 Å². The van der Waals surface area contributed by atoms with Crippen LogP contribution in [0, 0.1) is 13.8 Å². The second-order valence-corrected chi connectivity index (χ2v) is 8.04. The van der Waals surface area contributed by atoms with Gasteiger partial charge in [-0.25, -0.2) is 4.52 Å². The van der Waals surface area contributed by atoms with Crippen LogP contribution in [0.15, 0.2) is 30.3 Å². The Balaban J connectivity index is 1.80. The number of anilines is 1. The van der Waals surface area contributed by atoms with Gasteiger partial charge in [-0.15, -0.1) is 0 Å². The van der Waals surface area contributed by atoms with E-state index in [1.165, 1.54) is 0 Å². The molecule has 148 valence electrons. The molecule has 5 nitrogen and oxygen atoms in total. The second-order valence-electron chi connectivity index (χ2n) is 7.20. The van der Waals surface area contributed by atoms with E-state index >= 15 is 0 Å². The SMILES string of the molecule is CCO[C@@H]1CNC[C@H]1Nc1cc(C)nn2c(-c3ccc(Cl)cc3Cl)c(C)cc12. The highest BCUT2D eigenvalue weighted by Gasteiger charge is 2.28. The van der Waals surface area contributed by atoms with Gasteiger partial charge in [-0.1, -0.05) is 23.2 Å². The van der Waals surface area contributed by atoms with Crippen molar-refractivity contribution in [3.05, 3.63) is 51.6 Å². The van der Waals surface area contributed by atoms with E-state index in [1.807, 2.05) is 30.5 Å². The van der Waals surface area contributed by atoms with Crippen LogP contribution in [0.3, 0.4) is 0 Å². The summed E-state index contributed by atoms with van der Waals surface area (Å²) < 4.78 is 7.85. The minimum atomic E-state index is 0.153. The van der Waals surface area contributed by atoms with Crippen molar-refractivity contribution in [2.24, 2.45) is 0 Å². The van der Waals surface area contributed by atoms with Crippen molar-refractivity contribution in [3.8, 4) is 11.3 Å². The molecule has 0 amide bonds. The second kappa shape index (κ2) is 7.91. The first-order chi connectivity index (χ1) is 13.5. The Kier molecular flexibility index (Phi) is 5.52. The molecule has 1 aliphatic heterocycles. The Morgan fingerprint density at radius 3 is 2.79 bits per heavy atom. The fourth-order valence-corrected chi connectivity index (χ4v) is 4.40. The van der Waals surface area contributed by atoms with Gasteiger partial charge in [0.2, 0.25) is 0 Å². The largest absolute Gasteiger partial charge is 0.377 e. The zero-order valence-electron chi connectivity index (χ0n) is 16.2. The standard InChI is InChI=1S/C21H24Cl2N4O/c1-4-28-20-11-24-10-18(20)25-17-8-13(3)26-27-19(17)7-12(2)21(27)15-6-5-14(22)9-16(15)23/h5-9,18,20,24-25H,4,10-11H2,1-3H3/t18-,20-/m1/s1. The van der Waals surface area contributed by atoms with Gasteiger partial charge in [0.15, 0.2) is 0 Å². The van der Waals surface area contributed by atoms with E-state index in [-0.39, 0.29) is 12.1 Å². The summed E-state index contributed by atoms with van der Waals surface area (Å²) in [6.07, 6.45) is 0.153. The summed E-state index contributed by atoms with van der Waals surface area (Å²) in [6.45, 7) is 8.54. The van der Waals surface area contributed by atoms with Crippen LogP contribution in [0.25, 0.3) is 16.8 Å². The lowest BCUT2D eigenvalue weighted by atomic mass is 10.1. The normalized spacial score (nSPS) is 19.5. The molecule has 0 bridgehead atoms. The maximum atomic E-state index is 6.50. The van der Waals surface area contributed by atoms with Crippen molar-refractivity contribution in [2.75, 3.05) is 25.0 Å². The predicted molar refractivity (Wildman–Crippen MR) is 116 cm³/mol. The first-order valence-electron chi connectivity index (χ1n) is 9.52. The van der Waals surface area contributed by atoms with Gasteiger partial charge in [0.1, 0.15) is 0 Å². The number of hydrogen-bond donors (Lipinski definition) is 2. The molecule has 0 saturated carbocycles. The molecule has 0 spiro atoms. The first-order valence-corrected chi connectivity index (χ1v) is 10.3. The molecule has 0 aliphatic carbocycles. The van der Waals surface area contributed by atoms with Crippen LogP contribution in [-0.2, 0) is 4.74 Å². The molecule has 2 atom stereocenters. The number of hydrogen-bond acceptors (Lipinski definition) is 4. The van der Waals surface area contributed by atoms with Gasteiger partial charge < -0.3 is 15.4 Å². The van der Waals surface area contributed by atoms with Crippen LogP contribution in [0.1, 0.15) is 18.2 Å². The molecule has 0 radical (unpaired) electrons. The topological polar surface area (TPSA) is 50.6 Å². The summed E-state index contributed by atoms with van der Waals surface area (Å²) in [4.78, 5) is 0. The summed E-state index contributed by atoms with van der Waals surface area (Å²) in [7, 11) is 0. The van der Waals surface area contributed by atoms with E-state index in [0.29, 0.717) is 16.7 Å². The number of benzene rings is 1. The van der Waals surface area contributed by atoms with Crippen LogP contribution in [-0.4, -0.2) is 41.5 Å². The highest BCUT2D eigenvalue weighted by Crippen LogP contribution is 2.35. The molecule has 1 fully saturated rings. The van der Waals surface area contributed by atoms with Crippen LogP contribution < -0.4 is 10.6 Å². The van der Waals surface area contributed by atoms with Crippen LogP contribution in [0.4, 0.5) is 5.69 Å². The van der Waals surface area contributed by atoms with Crippen molar-refractivity contribution >= 4 is 34.4 Å². The maximum Gasteiger partial charge on any atom is 0.0912 e. The zero-order valence-corrected chi connectivity index (χ0v) is 17.7. The average Bonchev–Trinajstić information content (AvgIpc) is 3.20. The molecule has 28 heavy (non-hydrogen) atoms. The molecule has 0 unspecified atom stereocenters. The first kappa shape index (κ1) is 19.5. The Morgan fingerprint density at radius 2 is 2.04 bits per heavy atom. The molecular formula is C21H24Cl2N4O. The number of ether oxygens (including phenoxy) is 1. The molecule has 4 rings (SSSR count). The van der Waals surface area contributed by atoms with E-state index in [9.17, 15) is 0 Å². The van der Waals surface area contributed by atoms with Crippen LogP contribution in [0.5, 0.6) is 0 Å². The lowest BCUT2D eigenvalue weighted by Crippen LogP contribution is -2.34. The monoisotopic (exact) mass is 418 g/mol. The number of aromatic nitrogens is 2. The van der Waals surface area contributed by atoms with Crippen molar-refractivity contribution in [2.45, 2.75) is 32.9 Å². The molecule has 2 N–H and O–H groups in total. The minimum Gasteiger partial charge on any atom is -0.377 e. The van der Waals surface area contributed by atoms with Gasteiger partial charge in [0, 0.05) is 30.3 Å². The zero-order chi connectivity index (χ0) is 19.8. The van der Waals surface area contributed by atoms with E-state index in [2.05, 4.69) is 29.7 Å². The van der Waals surface area contributed by atoms with E-state index in [1.54, 1.807) is 6.07 Å². The van der Waals surface area contributed by atoms with Gasteiger partial charge in [-0.05, 0) is 56.7 Å². The van der Waals surface area contributed by atoms with Gasteiger partial charge in [-0.3, -0.25) is 0 Å². The average molecular weight is 419 g/mol. The maximum absolute atomic E-state index is 6.50. The number of nitrogens with zero attached hydrogens (tertiary/aromatic N) is 2. The van der Waals surface area contributed by atoms with E-state index < -0.39 is 0 Å². The Morgan fingerprint density at radius 1 is 1.21 bits per heavy atom. The van der Waals surface area contributed by atoms with Crippen molar-refractivity contribution in [1.29, 1.82) is 0 Å². The molecule has 1 aromatic carbocycles. The Hall–Kier alpha value is -1.79. The molecule has 3 heterocycles. The summed E-state index contributed by atoms with van der Waals surface area (Å²) >= 11 is 12.6. The molecule has 3 aromatic rings. The molecule has 1 aliphatic rings. The molecule has 2 aromatic heterocycles. The molecule has 7 heteroatoms. The summed E-state index contributed by atoms with van der Waals surface area (Å²) in [6, 6.07) is 10.0. The third-order valence-electron chi connectivity index (χ3n) is 5.12. The smallest absolute Gasteiger partial charge is 0.0912 e. The number of nitrogens with one attached hydrogen (secondary N) is 2. The van der Waals surface area contributed by atoms with Crippen molar-refractivity contribution in [3.63, 3.8) is 0 Å². The highest BCUT2D eigenvalue weighted by molar-refractivity contribution is 6.36. The molecule has 1 saturated heterocycles. The van der Waals surface area contributed by atoms with Crippen molar-refractivity contribution < 1.29 is 4.74 Å². The Bertz CT molecular complexity index is 1020. The summed E-state index contributed by atoms with van der Waals surface area (Å²) in [5, 5.41) is 13.1. The van der Waals surface area contributed by atoms with Crippen molar-refractivity contribution in [1.82, 2.24) is 14.9 Å². The number of fused-ring (bicyclic) bond motifs is 1. The fraction of sp³-hybridized carbons (Fsp3) is 0.381. The van der Waals surface area contributed by atoms with E-state index in [4.69, 9.17) is 33.0 Å². The number of halogens is 2. The quantitative estimate of drug-likeness (QED) is 0.629. The fourth-order valence-electron chi connectivity index (χ4n) is 3.90. The lowest BCUT2D eigenvalue weighted by molar-refractivity contribution is 0.0710. The van der Waals surface area contributed by atoms with Crippen LogP contribution in [0.2, 0.25) is 10.0 Å². The third-order valence-corrected chi connectivity index (χ3v) is 5.67. The summed E-state index contributed by atoms with van der Waals surface area (Å²) in [5.41, 5.74) is 6.00. The van der Waals surface area contributed by atoms with Gasteiger partial charge in [0.25, 0.3) is 0 Å². The van der Waals surface area contributed by atoms with Gasteiger partial charge in [0.05, 0.1) is 39.8 Å². The highest BCUT2D eigenvalue weighted by atomic mass is 35.5. The van der Waals surface area contributed by atoms with E-state index in [0.717, 1.165) is 46.8 Å². The number of aryl methyl sites for hydroxylation is 2. The number of rotatable bonds is 5. The minimum absolute atomic E-state index is 0.153.